The van der Waals surface area contributed by atoms with E-state index in [-0.39, 0.29) is 5.92 Å². The fraction of sp³-hybridized carbons (Fsp3) is 0.577. The molecular formula is C26H38N4O2. The van der Waals surface area contributed by atoms with Crippen LogP contribution in [0.1, 0.15) is 62.2 Å². The highest BCUT2D eigenvalue weighted by Gasteiger charge is 2.28. The van der Waals surface area contributed by atoms with Crippen molar-refractivity contribution in [3.05, 3.63) is 46.9 Å². The minimum absolute atomic E-state index is 0.163. The van der Waals surface area contributed by atoms with Gasteiger partial charge in [0.05, 0.1) is 7.11 Å². The molecule has 6 heteroatoms. The third kappa shape index (κ3) is 5.78. The highest BCUT2D eigenvalue weighted by atomic mass is 16.5. The van der Waals surface area contributed by atoms with Gasteiger partial charge in [-0.15, -0.1) is 0 Å². The molecule has 1 unspecified atom stereocenters. The number of amides is 1. The minimum Gasteiger partial charge on any atom is -0.497 e. The van der Waals surface area contributed by atoms with Crippen LogP contribution in [-0.4, -0.2) is 54.1 Å². The summed E-state index contributed by atoms with van der Waals surface area (Å²) in [5.74, 6) is 3.15. The predicted octanol–water partition coefficient (Wildman–Crippen LogP) is 4.56. The van der Waals surface area contributed by atoms with Crippen LogP contribution in [0.2, 0.25) is 0 Å². The van der Waals surface area contributed by atoms with Gasteiger partial charge in [-0.3, -0.25) is 4.79 Å². The van der Waals surface area contributed by atoms with Crippen LogP contribution in [0.3, 0.4) is 0 Å². The molecule has 0 saturated carbocycles. The Hall–Kier alpha value is -2.63. The van der Waals surface area contributed by atoms with E-state index in [0.29, 0.717) is 5.91 Å². The lowest BCUT2D eigenvalue weighted by atomic mass is 9.97. The number of carbonyl (C=O) groups excluding carboxylic acids is 1. The molecule has 6 nitrogen and oxygen atoms in total. The average molecular weight is 439 g/mol. The van der Waals surface area contributed by atoms with Crippen LogP contribution in [0.15, 0.2) is 24.3 Å². The first-order valence-electron chi connectivity index (χ1n) is 12.0. The largest absolute Gasteiger partial charge is 0.497 e. The first-order valence-corrected chi connectivity index (χ1v) is 12.0. The summed E-state index contributed by atoms with van der Waals surface area (Å²) < 4.78 is 5.29. The number of aryl methyl sites for hydroxylation is 2. The molecule has 1 aromatic heterocycles. The van der Waals surface area contributed by atoms with E-state index in [2.05, 4.69) is 47.7 Å². The Labute approximate surface area is 193 Å². The Balaban J connectivity index is 1.73. The highest BCUT2D eigenvalue weighted by Crippen LogP contribution is 2.26. The van der Waals surface area contributed by atoms with E-state index in [4.69, 9.17) is 9.72 Å². The Morgan fingerprint density at radius 3 is 2.34 bits per heavy atom. The zero-order valence-corrected chi connectivity index (χ0v) is 20.4. The van der Waals surface area contributed by atoms with Crippen LogP contribution in [0.4, 0.5) is 5.82 Å². The maximum Gasteiger partial charge on any atom is 0.225 e. The van der Waals surface area contributed by atoms with Gasteiger partial charge < -0.3 is 14.5 Å². The summed E-state index contributed by atoms with van der Waals surface area (Å²) in [7, 11) is 1.68. The normalized spacial score (nSPS) is 15.0. The van der Waals surface area contributed by atoms with E-state index in [1.54, 1.807) is 7.11 Å². The molecule has 3 rings (SSSR count). The van der Waals surface area contributed by atoms with Crippen LogP contribution in [0.5, 0.6) is 5.75 Å². The summed E-state index contributed by atoms with van der Waals surface area (Å²) in [5, 5.41) is 0. The molecule has 0 aliphatic carbocycles. The molecule has 0 bridgehead atoms. The van der Waals surface area contributed by atoms with Gasteiger partial charge in [-0.05, 0) is 44.4 Å². The summed E-state index contributed by atoms with van der Waals surface area (Å²) in [6, 6.07) is 8.18. The standard InChI is InChI=1S/C26H38N4O2/c1-6-8-9-22(7-2)26(31)30-16-14-29(15-17-30)25-24(19(3)27-20(4)28-25)18-21-10-12-23(32-5)13-11-21/h10-13,22H,6-9,14-18H2,1-5H3. The number of ether oxygens (including phenoxy) is 1. The Morgan fingerprint density at radius 1 is 1.06 bits per heavy atom. The summed E-state index contributed by atoms with van der Waals surface area (Å²) in [5.41, 5.74) is 3.39. The number of methoxy groups -OCH3 is 1. The van der Waals surface area contributed by atoms with Crippen LogP contribution in [0, 0.1) is 19.8 Å². The molecule has 1 atom stereocenters. The maximum atomic E-state index is 13.0. The zero-order chi connectivity index (χ0) is 23.1. The number of rotatable bonds is 9. The molecule has 2 heterocycles. The lowest BCUT2D eigenvalue weighted by Crippen LogP contribution is -2.51. The second kappa shape index (κ2) is 11.3. The molecule has 2 aromatic rings. The van der Waals surface area contributed by atoms with Crippen LogP contribution < -0.4 is 9.64 Å². The topological polar surface area (TPSA) is 58.6 Å². The lowest BCUT2D eigenvalue weighted by Gasteiger charge is -2.38. The van der Waals surface area contributed by atoms with Gasteiger partial charge in [-0.1, -0.05) is 38.8 Å². The lowest BCUT2D eigenvalue weighted by molar-refractivity contribution is -0.136. The van der Waals surface area contributed by atoms with E-state index in [1.807, 2.05) is 19.1 Å². The second-order valence-electron chi connectivity index (χ2n) is 8.74. The van der Waals surface area contributed by atoms with E-state index >= 15 is 0 Å². The molecule has 1 amide bonds. The molecule has 1 aromatic carbocycles. The summed E-state index contributed by atoms with van der Waals surface area (Å²) in [6.07, 6.45) is 4.97. The Morgan fingerprint density at radius 2 is 1.75 bits per heavy atom. The maximum absolute atomic E-state index is 13.0. The number of hydrogen-bond donors (Lipinski definition) is 0. The fourth-order valence-corrected chi connectivity index (χ4v) is 4.48. The number of hydrogen-bond acceptors (Lipinski definition) is 5. The monoisotopic (exact) mass is 438 g/mol. The smallest absolute Gasteiger partial charge is 0.225 e. The van der Waals surface area contributed by atoms with Crippen molar-refractivity contribution in [3.8, 4) is 5.75 Å². The van der Waals surface area contributed by atoms with E-state index in [0.717, 1.165) is 86.9 Å². The number of carbonyl (C=O) groups is 1. The van der Waals surface area contributed by atoms with Gasteiger partial charge >= 0.3 is 0 Å². The zero-order valence-electron chi connectivity index (χ0n) is 20.4. The van der Waals surface area contributed by atoms with Crippen molar-refractivity contribution in [3.63, 3.8) is 0 Å². The number of nitrogens with zero attached hydrogens (tertiary/aromatic N) is 4. The molecule has 0 radical (unpaired) electrons. The molecule has 1 aliphatic rings. The second-order valence-corrected chi connectivity index (χ2v) is 8.74. The summed E-state index contributed by atoms with van der Waals surface area (Å²) >= 11 is 0. The van der Waals surface area contributed by atoms with Crippen molar-refractivity contribution in [2.45, 2.75) is 59.8 Å². The van der Waals surface area contributed by atoms with Gasteiger partial charge in [0.15, 0.2) is 0 Å². The third-order valence-electron chi connectivity index (χ3n) is 6.48. The van der Waals surface area contributed by atoms with Gasteiger partial charge in [0.1, 0.15) is 17.4 Å². The fourth-order valence-electron chi connectivity index (χ4n) is 4.48. The first-order chi connectivity index (χ1) is 15.5. The molecule has 1 fully saturated rings. The molecule has 174 valence electrons. The molecule has 1 saturated heterocycles. The average Bonchev–Trinajstić information content (AvgIpc) is 2.81. The molecule has 0 spiro atoms. The molecule has 1 aliphatic heterocycles. The van der Waals surface area contributed by atoms with Gasteiger partial charge in [-0.2, -0.15) is 0 Å². The first kappa shape index (κ1) is 24.0. The van der Waals surface area contributed by atoms with Gasteiger partial charge in [-0.25, -0.2) is 9.97 Å². The van der Waals surface area contributed by atoms with E-state index < -0.39 is 0 Å². The van der Waals surface area contributed by atoms with Gasteiger partial charge in [0.2, 0.25) is 5.91 Å². The van der Waals surface area contributed by atoms with Crippen molar-refractivity contribution in [2.75, 3.05) is 38.2 Å². The van der Waals surface area contributed by atoms with Crippen molar-refractivity contribution < 1.29 is 9.53 Å². The number of unbranched alkanes of at least 4 members (excludes halogenated alkanes) is 1. The quantitative estimate of drug-likeness (QED) is 0.574. The molecular weight excluding hydrogens is 400 g/mol. The third-order valence-corrected chi connectivity index (χ3v) is 6.48. The van der Waals surface area contributed by atoms with Gasteiger partial charge in [0, 0.05) is 49.8 Å². The van der Waals surface area contributed by atoms with Gasteiger partial charge in [0.25, 0.3) is 0 Å². The molecule has 0 N–H and O–H groups in total. The van der Waals surface area contributed by atoms with Crippen molar-refractivity contribution in [1.82, 2.24) is 14.9 Å². The number of anilines is 1. The number of benzene rings is 1. The van der Waals surface area contributed by atoms with E-state index in [9.17, 15) is 4.79 Å². The minimum atomic E-state index is 0.163. The van der Waals surface area contributed by atoms with Crippen LogP contribution >= 0.6 is 0 Å². The van der Waals surface area contributed by atoms with Crippen molar-refractivity contribution in [2.24, 2.45) is 5.92 Å². The SMILES string of the molecule is CCCCC(CC)C(=O)N1CCN(c2nc(C)nc(C)c2Cc2ccc(OC)cc2)CC1. The van der Waals surface area contributed by atoms with Crippen LogP contribution in [-0.2, 0) is 11.2 Å². The van der Waals surface area contributed by atoms with Crippen molar-refractivity contribution in [1.29, 1.82) is 0 Å². The Bertz CT molecular complexity index is 889. The number of aromatic nitrogens is 2. The van der Waals surface area contributed by atoms with Crippen LogP contribution in [0.25, 0.3) is 0 Å². The Kier molecular flexibility index (Phi) is 8.48. The summed E-state index contributed by atoms with van der Waals surface area (Å²) in [4.78, 5) is 26.9. The van der Waals surface area contributed by atoms with Crippen molar-refractivity contribution >= 4 is 11.7 Å². The summed E-state index contributed by atoms with van der Waals surface area (Å²) in [6.45, 7) is 11.5. The predicted molar refractivity (Wildman–Crippen MR) is 129 cm³/mol. The molecule has 32 heavy (non-hydrogen) atoms. The van der Waals surface area contributed by atoms with E-state index in [1.165, 1.54) is 5.56 Å². The number of piperazine rings is 1. The highest BCUT2D eigenvalue weighted by molar-refractivity contribution is 5.79.